The van der Waals surface area contributed by atoms with E-state index < -0.39 is 17.9 Å². The van der Waals surface area contributed by atoms with Crippen LogP contribution < -0.4 is 0 Å². The SMILES string of the molecule is O=C(O)[C@H]1CCCN1C(=O)CN1C(=O)[C@@H]2[C@@H](C1=O)[C@H]1C=C[C@H]2C1. The number of hydrogen-bond donors (Lipinski definition) is 1. The molecule has 0 unspecified atom stereocenters. The molecule has 2 heterocycles. The molecule has 2 saturated heterocycles. The van der Waals surface area contributed by atoms with Gasteiger partial charge in [-0.05, 0) is 31.1 Å². The molecule has 4 rings (SSSR count). The van der Waals surface area contributed by atoms with Crippen molar-refractivity contribution in [2.24, 2.45) is 23.7 Å². The Morgan fingerprint density at radius 3 is 2.30 bits per heavy atom. The summed E-state index contributed by atoms with van der Waals surface area (Å²) in [6.45, 7) is 0.0412. The number of aliphatic carboxylic acids is 1. The van der Waals surface area contributed by atoms with E-state index in [1.165, 1.54) is 4.90 Å². The molecule has 0 aromatic rings. The lowest BCUT2D eigenvalue weighted by molar-refractivity contribution is -0.151. The number of fused-ring (bicyclic) bond motifs is 5. The van der Waals surface area contributed by atoms with Gasteiger partial charge in [0.05, 0.1) is 11.8 Å². The van der Waals surface area contributed by atoms with Crippen molar-refractivity contribution in [1.29, 1.82) is 0 Å². The molecular weight excluding hydrogens is 300 g/mol. The second-order valence-electron chi connectivity index (χ2n) is 6.85. The minimum absolute atomic E-state index is 0.111. The van der Waals surface area contributed by atoms with Crippen LogP contribution in [0, 0.1) is 23.7 Å². The van der Waals surface area contributed by atoms with Crippen LogP contribution in [0.4, 0.5) is 0 Å². The molecule has 0 aromatic carbocycles. The number of imide groups is 1. The van der Waals surface area contributed by atoms with Gasteiger partial charge >= 0.3 is 5.97 Å². The van der Waals surface area contributed by atoms with Crippen molar-refractivity contribution >= 4 is 23.7 Å². The van der Waals surface area contributed by atoms with Crippen LogP contribution in [-0.2, 0) is 19.2 Å². The second-order valence-corrected chi connectivity index (χ2v) is 6.85. The van der Waals surface area contributed by atoms with Gasteiger partial charge in [0.1, 0.15) is 12.6 Å². The second kappa shape index (κ2) is 4.91. The molecule has 1 N–H and O–H groups in total. The van der Waals surface area contributed by atoms with Crippen molar-refractivity contribution in [2.45, 2.75) is 25.3 Å². The van der Waals surface area contributed by atoms with Gasteiger partial charge in [-0.2, -0.15) is 0 Å². The number of likely N-dealkylation sites (tertiary alicyclic amines) is 2. The number of carbonyl (C=O) groups excluding carboxylic acids is 3. The number of carbonyl (C=O) groups is 4. The third-order valence-electron chi connectivity index (χ3n) is 5.71. The largest absolute Gasteiger partial charge is 0.480 e. The topological polar surface area (TPSA) is 95.0 Å². The molecule has 0 aromatic heterocycles. The van der Waals surface area contributed by atoms with Crippen LogP contribution in [0.3, 0.4) is 0 Å². The lowest BCUT2D eigenvalue weighted by Gasteiger charge is -2.24. The molecule has 3 fully saturated rings. The summed E-state index contributed by atoms with van der Waals surface area (Å²) in [6.07, 6.45) is 5.90. The molecule has 122 valence electrons. The van der Waals surface area contributed by atoms with Gasteiger partial charge in [-0.1, -0.05) is 12.2 Å². The van der Waals surface area contributed by atoms with E-state index in [0.29, 0.717) is 19.4 Å². The normalized spacial score (nSPS) is 37.8. The third-order valence-corrected chi connectivity index (χ3v) is 5.71. The first-order valence-corrected chi connectivity index (χ1v) is 8.05. The van der Waals surface area contributed by atoms with Crippen molar-refractivity contribution < 1.29 is 24.3 Å². The van der Waals surface area contributed by atoms with Crippen molar-refractivity contribution in [1.82, 2.24) is 9.80 Å². The summed E-state index contributed by atoms with van der Waals surface area (Å²) < 4.78 is 0. The first kappa shape index (κ1) is 14.4. The monoisotopic (exact) mass is 318 g/mol. The van der Waals surface area contributed by atoms with E-state index in [1.807, 2.05) is 12.2 Å². The van der Waals surface area contributed by atoms with E-state index in [0.717, 1.165) is 11.3 Å². The average Bonchev–Trinajstić information content (AvgIpc) is 3.26. The molecule has 23 heavy (non-hydrogen) atoms. The minimum Gasteiger partial charge on any atom is -0.480 e. The fraction of sp³-hybridized carbons (Fsp3) is 0.625. The predicted octanol–water partition coefficient (Wildman–Crippen LogP) is -0.131. The summed E-state index contributed by atoms with van der Waals surface area (Å²) >= 11 is 0. The molecule has 3 amide bonds. The Labute approximate surface area is 132 Å². The Bertz CT molecular complexity index is 612. The van der Waals surface area contributed by atoms with Gasteiger partial charge in [-0.15, -0.1) is 0 Å². The average molecular weight is 318 g/mol. The number of nitrogens with zero attached hydrogens (tertiary/aromatic N) is 2. The maximum absolute atomic E-state index is 12.5. The molecule has 7 heteroatoms. The van der Waals surface area contributed by atoms with Crippen LogP contribution in [-0.4, -0.2) is 57.7 Å². The molecule has 2 aliphatic carbocycles. The first-order valence-electron chi connectivity index (χ1n) is 8.05. The number of rotatable bonds is 3. The number of carboxylic acids is 1. The first-order chi connectivity index (χ1) is 11.0. The lowest BCUT2D eigenvalue weighted by atomic mass is 9.85. The van der Waals surface area contributed by atoms with Gasteiger partial charge in [0.2, 0.25) is 17.7 Å². The highest BCUT2D eigenvalue weighted by Gasteiger charge is 2.59. The van der Waals surface area contributed by atoms with E-state index in [1.54, 1.807) is 0 Å². The van der Waals surface area contributed by atoms with E-state index in [4.69, 9.17) is 5.11 Å². The molecule has 0 spiro atoms. The smallest absolute Gasteiger partial charge is 0.326 e. The molecule has 2 bridgehead atoms. The van der Waals surface area contributed by atoms with Crippen molar-refractivity contribution in [3.05, 3.63) is 12.2 Å². The predicted molar refractivity (Wildman–Crippen MR) is 76.8 cm³/mol. The zero-order valence-corrected chi connectivity index (χ0v) is 12.6. The molecule has 0 radical (unpaired) electrons. The summed E-state index contributed by atoms with van der Waals surface area (Å²) in [5, 5.41) is 9.16. The molecule has 7 nitrogen and oxygen atoms in total. The van der Waals surface area contributed by atoms with Gasteiger partial charge in [-0.3, -0.25) is 19.3 Å². The van der Waals surface area contributed by atoms with Crippen molar-refractivity contribution in [3.63, 3.8) is 0 Å². The summed E-state index contributed by atoms with van der Waals surface area (Å²) in [5.41, 5.74) is 0. The zero-order valence-electron chi connectivity index (χ0n) is 12.6. The number of carboxylic acid groups (broad SMARTS) is 1. The van der Waals surface area contributed by atoms with Crippen LogP contribution in [0.5, 0.6) is 0 Å². The van der Waals surface area contributed by atoms with Gasteiger partial charge < -0.3 is 10.0 Å². The van der Waals surface area contributed by atoms with E-state index in [9.17, 15) is 19.2 Å². The molecule has 5 atom stereocenters. The van der Waals surface area contributed by atoms with Crippen molar-refractivity contribution in [3.8, 4) is 0 Å². The van der Waals surface area contributed by atoms with E-state index in [2.05, 4.69) is 0 Å². The van der Waals surface area contributed by atoms with E-state index >= 15 is 0 Å². The molecule has 2 aliphatic heterocycles. The quantitative estimate of drug-likeness (QED) is 0.578. The Hall–Kier alpha value is -2.18. The summed E-state index contributed by atoms with van der Waals surface area (Å²) in [7, 11) is 0. The third kappa shape index (κ3) is 1.95. The highest BCUT2D eigenvalue weighted by molar-refractivity contribution is 6.08. The fourth-order valence-corrected chi connectivity index (χ4v) is 4.67. The molecule has 4 aliphatic rings. The highest BCUT2D eigenvalue weighted by Crippen LogP contribution is 2.52. The zero-order chi connectivity index (χ0) is 16.3. The number of amides is 3. The number of allylic oxidation sites excluding steroid dienone is 2. The van der Waals surface area contributed by atoms with Crippen LogP contribution >= 0.6 is 0 Å². The summed E-state index contributed by atoms with van der Waals surface area (Å²) in [4.78, 5) is 51.0. The maximum atomic E-state index is 12.5. The van der Waals surface area contributed by atoms with Crippen molar-refractivity contribution in [2.75, 3.05) is 13.1 Å². The van der Waals surface area contributed by atoms with Gasteiger partial charge in [0, 0.05) is 6.54 Å². The lowest BCUT2D eigenvalue weighted by Crippen LogP contribution is -2.47. The van der Waals surface area contributed by atoms with Gasteiger partial charge in [-0.25, -0.2) is 4.79 Å². The van der Waals surface area contributed by atoms with Crippen LogP contribution in [0.15, 0.2) is 12.2 Å². The van der Waals surface area contributed by atoms with Gasteiger partial charge in [0.15, 0.2) is 0 Å². The Balaban J connectivity index is 1.50. The highest BCUT2D eigenvalue weighted by atomic mass is 16.4. The summed E-state index contributed by atoms with van der Waals surface area (Å²) in [5.74, 6) is -2.43. The Kier molecular flexibility index (Phi) is 3.08. The van der Waals surface area contributed by atoms with Crippen LogP contribution in [0.1, 0.15) is 19.3 Å². The Morgan fingerprint density at radius 1 is 1.13 bits per heavy atom. The van der Waals surface area contributed by atoms with Crippen LogP contribution in [0.2, 0.25) is 0 Å². The summed E-state index contributed by atoms with van der Waals surface area (Å²) in [6, 6.07) is -0.840. The molecule has 1 saturated carbocycles. The standard InChI is InChI=1S/C16H18N2O5/c19-11(17-5-1-2-10(17)16(22)23)7-18-14(20)12-8-3-4-9(6-8)13(12)15(18)21/h3-4,8-10,12-13H,1-2,5-7H2,(H,22,23)/t8-,9-,10+,12-,13-/m0/s1. The molecular formula is C16H18N2O5. The maximum Gasteiger partial charge on any atom is 0.326 e. The van der Waals surface area contributed by atoms with Gasteiger partial charge in [0.25, 0.3) is 0 Å². The Morgan fingerprint density at radius 2 is 1.74 bits per heavy atom. The van der Waals surface area contributed by atoms with E-state index in [-0.39, 0.29) is 42.0 Å². The minimum atomic E-state index is -1.03. The fourth-order valence-electron chi connectivity index (χ4n) is 4.67. The number of hydrogen-bond acceptors (Lipinski definition) is 4. The van der Waals surface area contributed by atoms with Crippen LogP contribution in [0.25, 0.3) is 0 Å².